The minimum Gasteiger partial charge on any atom is -0.394 e. The van der Waals surface area contributed by atoms with E-state index in [1.807, 2.05) is 6.08 Å². The molecule has 1 amide bonds. The van der Waals surface area contributed by atoms with E-state index in [-0.39, 0.29) is 18.9 Å². The van der Waals surface area contributed by atoms with Gasteiger partial charge in [-0.15, -0.1) is 0 Å². The lowest BCUT2D eigenvalue weighted by Crippen LogP contribution is -2.61. The van der Waals surface area contributed by atoms with Crippen LogP contribution in [0.25, 0.3) is 0 Å². The van der Waals surface area contributed by atoms with Crippen molar-refractivity contribution in [2.45, 2.75) is 346 Å². The normalized spacial score (nSPS) is 19.2. The lowest BCUT2D eigenvalue weighted by molar-refractivity contribution is -0.298. The van der Waals surface area contributed by atoms with Gasteiger partial charge in [0.25, 0.3) is 0 Å². The van der Waals surface area contributed by atoms with Crippen LogP contribution in [-0.4, -0.2) is 95.4 Å². The number of hydrogen-bond donors (Lipinski definition) is 6. The molecule has 0 saturated carbocycles. The number of unbranched alkanes of at least 4 members (excludes halogenated alkanes) is 40. The number of nitrogens with one attached hydrogen (secondary N) is 1. The first kappa shape index (κ1) is 72.3. The lowest BCUT2D eigenvalue weighted by atomic mass is 9.99. The maximum absolute atomic E-state index is 13.1. The Morgan fingerprint density at radius 1 is 0.526 bits per heavy atom. The summed E-state index contributed by atoms with van der Waals surface area (Å²) in [6.45, 7) is 3.39. The van der Waals surface area contributed by atoms with Crippen molar-refractivity contribution in [2.75, 3.05) is 13.2 Å². The predicted octanol–water partition coefficient (Wildman–Crippen LogP) is 15.7. The average molecular weight is 1100 g/mol. The van der Waals surface area contributed by atoms with Crippen molar-refractivity contribution < 1.29 is 51.8 Å². The molecule has 12 nitrogen and oxygen atoms in total. The minimum absolute atomic E-state index is 0.261. The summed E-state index contributed by atoms with van der Waals surface area (Å²) in [5.74, 6) is -0.261. The summed E-state index contributed by atoms with van der Waals surface area (Å²) in [6, 6.07) is -0.942. The SMILES string of the molecule is CCCCCCCCCC/C=C/C(O)C(COC1OC(CO)C(O)C(OS(=O)(=O)O)C1O)NC(=O)CCCCCCCCCCCCCCCCCCC/C=C\C/C=C\CCCCCCCCCCCCCCCCC. The first-order chi connectivity index (χ1) is 37.0. The topological polar surface area (TPSA) is 192 Å². The van der Waals surface area contributed by atoms with Gasteiger partial charge in [-0.25, -0.2) is 4.18 Å². The number of hydrogen-bond acceptors (Lipinski definition) is 10. The van der Waals surface area contributed by atoms with Crippen LogP contribution in [0.5, 0.6) is 0 Å². The van der Waals surface area contributed by atoms with E-state index in [0.717, 1.165) is 44.9 Å². The van der Waals surface area contributed by atoms with Crippen molar-refractivity contribution in [1.29, 1.82) is 0 Å². The van der Waals surface area contributed by atoms with Crippen LogP contribution in [0.4, 0.5) is 0 Å². The van der Waals surface area contributed by atoms with E-state index in [4.69, 9.17) is 9.47 Å². The van der Waals surface area contributed by atoms with Crippen molar-refractivity contribution in [1.82, 2.24) is 5.32 Å². The molecule has 1 aliphatic heterocycles. The van der Waals surface area contributed by atoms with Gasteiger partial charge in [0.15, 0.2) is 6.29 Å². The fourth-order valence-electron chi connectivity index (χ4n) is 10.3. The van der Waals surface area contributed by atoms with E-state index < -0.39 is 59.9 Å². The number of carbonyl (C=O) groups is 1. The molecule has 76 heavy (non-hydrogen) atoms. The number of ether oxygens (including phenoxy) is 2. The van der Waals surface area contributed by atoms with Gasteiger partial charge in [0.05, 0.1) is 25.4 Å². The number of aliphatic hydroxyl groups is 4. The third-order valence-corrected chi connectivity index (χ3v) is 15.6. The summed E-state index contributed by atoms with van der Waals surface area (Å²) in [6.07, 6.45) is 59.7. The fourth-order valence-corrected chi connectivity index (χ4v) is 10.8. The summed E-state index contributed by atoms with van der Waals surface area (Å²) < 4.78 is 47.7. The third kappa shape index (κ3) is 44.1. The smallest absolute Gasteiger partial charge is 0.394 e. The van der Waals surface area contributed by atoms with Crippen LogP contribution in [0.2, 0.25) is 0 Å². The second-order valence-corrected chi connectivity index (χ2v) is 23.4. The van der Waals surface area contributed by atoms with E-state index in [0.29, 0.717) is 6.42 Å². The molecule has 0 aliphatic carbocycles. The molecule has 1 aliphatic rings. The molecule has 7 unspecified atom stereocenters. The number of allylic oxidation sites excluding steroid dienone is 5. The first-order valence-electron chi connectivity index (χ1n) is 31.9. The number of carbonyl (C=O) groups excluding carboxylic acids is 1. The van der Waals surface area contributed by atoms with Gasteiger partial charge in [-0.05, 0) is 51.4 Å². The van der Waals surface area contributed by atoms with Crippen LogP contribution in [0.15, 0.2) is 36.5 Å². The quantitative estimate of drug-likeness (QED) is 0.0193. The Morgan fingerprint density at radius 2 is 0.882 bits per heavy atom. The Labute approximate surface area is 466 Å². The molecule has 0 bridgehead atoms. The average Bonchev–Trinajstić information content (AvgIpc) is 3.40. The molecule has 1 saturated heterocycles. The second-order valence-electron chi connectivity index (χ2n) is 22.4. The van der Waals surface area contributed by atoms with Gasteiger partial charge in [-0.1, -0.05) is 281 Å². The molecule has 1 heterocycles. The summed E-state index contributed by atoms with van der Waals surface area (Å²) in [4.78, 5) is 13.1. The number of amides is 1. The Hall–Kier alpha value is -1.68. The van der Waals surface area contributed by atoms with E-state index in [1.54, 1.807) is 6.08 Å². The molecule has 13 heteroatoms. The number of rotatable bonds is 56. The van der Waals surface area contributed by atoms with Crippen LogP contribution >= 0.6 is 0 Å². The van der Waals surface area contributed by atoms with Crippen LogP contribution < -0.4 is 5.32 Å². The maximum Gasteiger partial charge on any atom is 0.397 e. The van der Waals surface area contributed by atoms with E-state index >= 15 is 0 Å². The summed E-state index contributed by atoms with van der Waals surface area (Å²) in [7, 11) is -5.09. The largest absolute Gasteiger partial charge is 0.397 e. The van der Waals surface area contributed by atoms with Crippen LogP contribution in [0.3, 0.4) is 0 Å². The van der Waals surface area contributed by atoms with E-state index in [1.165, 1.54) is 231 Å². The molecule has 0 radical (unpaired) electrons. The second kappa shape index (κ2) is 52.7. The summed E-state index contributed by atoms with van der Waals surface area (Å²) >= 11 is 0. The predicted molar refractivity (Wildman–Crippen MR) is 315 cm³/mol. The van der Waals surface area contributed by atoms with Crippen molar-refractivity contribution in [3.63, 3.8) is 0 Å². The molecular formula is C63H119NO11S. The van der Waals surface area contributed by atoms with E-state index in [2.05, 4.69) is 47.7 Å². The zero-order chi connectivity index (χ0) is 55.4. The highest BCUT2D eigenvalue weighted by molar-refractivity contribution is 7.80. The van der Waals surface area contributed by atoms with Gasteiger partial charge in [0.2, 0.25) is 5.91 Å². The van der Waals surface area contributed by atoms with Crippen molar-refractivity contribution in [2.24, 2.45) is 0 Å². The molecule has 1 rings (SSSR count). The van der Waals surface area contributed by atoms with Crippen molar-refractivity contribution in [3.05, 3.63) is 36.5 Å². The molecule has 6 N–H and O–H groups in total. The Morgan fingerprint density at radius 3 is 1.25 bits per heavy atom. The standard InChI is InChI=1S/C63H119NO11S/c1-3-5-7-9-11-13-15-16-17-18-19-20-21-22-23-24-25-26-27-28-29-30-31-32-33-34-35-36-37-38-39-40-41-42-43-45-47-49-51-53-59(67)64-56(57(66)52-50-48-46-44-14-12-10-8-6-4-2)55-73-63-61(69)62(75-76(70,71)72)60(68)58(54-65)74-63/h25-26,28-29,50,52,56-58,60-63,65-66,68-69H,3-24,27,30-49,51,53-55H2,1-2H3,(H,64,67)(H,70,71,72)/b26-25-,29-28-,52-50+. The molecule has 0 aromatic rings. The van der Waals surface area contributed by atoms with Crippen molar-refractivity contribution in [3.8, 4) is 0 Å². The zero-order valence-electron chi connectivity index (χ0n) is 48.8. The van der Waals surface area contributed by atoms with Gasteiger partial charge in [0.1, 0.15) is 24.4 Å². The zero-order valence-corrected chi connectivity index (χ0v) is 49.6. The summed E-state index contributed by atoms with van der Waals surface area (Å²) in [5.41, 5.74) is 0. The van der Waals surface area contributed by atoms with Gasteiger partial charge in [-0.3, -0.25) is 9.35 Å². The third-order valence-electron chi connectivity index (χ3n) is 15.2. The minimum atomic E-state index is -5.09. The number of aliphatic hydroxyl groups excluding tert-OH is 4. The van der Waals surface area contributed by atoms with Gasteiger partial charge in [0, 0.05) is 6.42 Å². The highest BCUT2D eigenvalue weighted by Crippen LogP contribution is 2.26. The van der Waals surface area contributed by atoms with Crippen LogP contribution in [0.1, 0.15) is 303 Å². The van der Waals surface area contributed by atoms with Gasteiger partial charge in [-0.2, -0.15) is 8.42 Å². The monoisotopic (exact) mass is 1100 g/mol. The molecule has 0 aromatic carbocycles. The Bertz CT molecular complexity index is 1480. The van der Waals surface area contributed by atoms with Crippen molar-refractivity contribution >= 4 is 16.3 Å². The maximum atomic E-state index is 13.1. The molecular weight excluding hydrogens is 979 g/mol. The molecule has 7 atom stereocenters. The molecule has 0 spiro atoms. The van der Waals surface area contributed by atoms with Crippen LogP contribution in [0, 0.1) is 0 Å². The van der Waals surface area contributed by atoms with Crippen LogP contribution in [-0.2, 0) is 28.9 Å². The highest BCUT2D eigenvalue weighted by atomic mass is 32.3. The van der Waals surface area contributed by atoms with Gasteiger partial charge >= 0.3 is 10.4 Å². The highest BCUT2D eigenvalue weighted by Gasteiger charge is 2.48. The fraction of sp³-hybridized carbons (Fsp3) is 0.889. The Kier molecular flexibility index (Phi) is 50.1. The van der Waals surface area contributed by atoms with Gasteiger partial charge < -0.3 is 35.2 Å². The Balaban J connectivity index is 2.11. The van der Waals surface area contributed by atoms with E-state index in [9.17, 15) is 38.2 Å². The molecule has 448 valence electrons. The first-order valence-corrected chi connectivity index (χ1v) is 33.2. The summed E-state index contributed by atoms with van der Waals surface area (Å²) in [5, 5.41) is 44.8. The lowest BCUT2D eigenvalue weighted by Gasteiger charge is -2.41. The molecule has 0 aromatic heterocycles. The molecule has 1 fully saturated rings.